The number of fused-ring (bicyclic) bond motifs is 1. The number of carbonyl (C=O) groups is 2. The van der Waals surface area contributed by atoms with Crippen molar-refractivity contribution in [3.8, 4) is 5.75 Å². The van der Waals surface area contributed by atoms with Crippen LogP contribution in [0.2, 0.25) is 0 Å². The average molecular weight is 547 g/mol. The van der Waals surface area contributed by atoms with Gasteiger partial charge in [0.25, 0.3) is 5.91 Å². The smallest absolute Gasteiger partial charge is 0.404 e. The molecule has 202 valence electrons. The van der Waals surface area contributed by atoms with Gasteiger partial charge in [-0.15, -0.1) is 0 Å². The lowest BCUT2D eigenvalue weighted by Crippen LogP contribution is -2.36. The normalized spacial score (nSPS) is 21.1. The van der Waals surface area contributed by atoms with Gasteiger partial charge >= 0.3 is 13.9 Å². The standard InChI is InChI=1S/C23H36FN4O6PS/c24-14-17-13-16(8-9-19(17)34-35(31,32)33)22(29)26-12-6-2-5-11-25-10-4-1-3-7-20-21-18(15-36-20)27-23(30)28-21/h8-9,13,18,20-21,25H,1-7,10-12,14-15H2,(H,26,29)(H2,27,28,30)(H2,31,32,33). The Morgan fingerprint density at radius 2 is 1.83 bits per heavy atom. The van der Waals surface area contributed by atoms with Crippen LogP contribution in [0.3, 0.4) is 0 Å². The zero-order valence-electron chi connectivity index (χ0n) is 20.2. The topological polar surface area (TPSA) is 149 Å². The van der Waals surface area contributed by atoms with E-state index in [0.29, 0.717) is 17.8 Å². The van der Waals surface area contributed by atoms with Crippen LogP contribution < -0.4 is 25.8 Å². The van der Waals surface area contributed by atoms with Crippen LogP contribution >= 0.6 is 19.6 Å². The number of halogens is 1. The summed E-state index contributed by atoms with van der Waals surface area (Å²) < 4.78 is 28.6. The van der Waals surface area contributed by atoms with Gasteiger partial charge in [0.05, 0.1) is 12.1 Å². The summed E-state index contributed by atoms with van der Waals surface area (Å²) in [5.41, 5.74) is 0.112. The summed E-state index contributed by atoms with van der Waals surface area (Å²) in [5, 5.41) is 12.8. The molecule has 6 N–H and O–H groups in total. The number of benzene rings is 1. The van der Waals surface area contributed by atoms with E-state index in [2.05, 4.69) is 25.8 Å². The lowest BCUT2D eigenvalue weighted by Gasteiger charge is -2.16. The number of nitrogens with one attached hydrogen (secondary N) is 4. The quantitative estimate of drug-likeness (QED) is 0.105. The Morgan fingerprint density at radius 1 is 1.11 bits per heavy atom. The Kier molecular flexibility index (Phi) is 11.3. The van der Waals surface area contributed by atoms with E-state index in [0.717, 1.165) is 50.9 Å². The van der Waals surface area contributed by atoms with Crippen LogP contribution in [0.1, 0.15) is 60.9 Å². The molecule has 2 heterocycles. The van der Waals surface area contributed by atoms with Crippen LogP contribution in [0.25, 0.3) is 0 Å². The van der Waals surface area contributed by atoms with Gasteiger partial charge in [0.2, 0.25) is 0 Å². The van der Waals surface area contributed by atoms with Crippen LogP contribution in [0, 0.1) is 0 Å². The number of hydrogen-bond acceptors (Lipinski definition) is 6. The first-order valence-electron chi connectivity index (χ1n) is 12.4. The summed E-state index contributed by atoms with van der Waals surface area (Å²) in [4.78, 5) is 41.4. The monoisotopic (exact) mass is 546 g/mol. The van der Waals surface area contributed by atoms with E-state index in [4.69, 9.17) is 9.79 Å². The Labute approximate surface area is 215 Å². The molecule has 2 aliphatic rings. The molecule has 0 bridgehead atoms. The second kappa shape index (κ2) is 14.2. The van der Waals surface area contributed by atoms with E-state index in [1.165, 1.54) is 31.0 Å². The molecule has 1 aromatic carbocycles. The number of unbranched alkanes of at least 4 members (excludes halogenated alkanes) is 4. The molecule has 36 heavy (non-hydrogen) atoms. The van der Waals surface area contributed by atoms with E-state index >= 15 is 0 Å². The minimum absolute atomic E-state index is 0.0301. The van der Waals surface area contributed by atoms with Crippen LogP contribution in [0.5, 0.6) is 5.75 Å². The minimum atomic E-state index is -4.80. The van der Waals surface area contributed by atoms with Crippen molar-refractivity contribution in [1.82, 2.24) is 21.3 Å². The van der Waals surface area contributed by atoms with Crippen LogP contribution in [-0.4, -0.2) is 64.4 Å². The highest BCUT2D eigenvalue weighted by Crippen LogP contribution is 2.39. The predicted octanol–water partition coefficient (Wildman–Crippen LogP) is 2.84. The molecule has 0 radical (unpaired) electrons. The fourth-order valence-electron chi connectivity index (χ4n) is 4.44. The van der Waals surface area contributed by atoms with Gasteiger partial charge in [-0.3, -0.25) is 14.6 Å². The number of urea groups is 1. The first-order valence-corrected chi connectivity index (χ1v) is 15.0. The molecule has 3 atom stereocenters. The van der Waals surface area contributed by atoms with Crippen LogP contribution in [0.15, 0.2) is 18.2 Å². The van der Waals surface area contributed by atoms with E-state index in [9.17, 15) is 18.5 Å². The summed E-state index contributed by atoms with van der Waals surface area (Å²) in [6.07, 6.45) is 7.39. The summed E-state index contributed by atoms with van der Waals surface area (Å²) in [6.45, 7) is 1.38. The van der Waals surface area contributed by atoms with Gasteiger partial charge in [-0.1, -0.05) is 19.3 Å². The van der Waals surface area contributed by atoms with E-state index < -0.39 is 14.5 Å². The predicted molar refractivity (Wildman–Crippen MR) is 137 cm³/mol. The molecule has 10 nitrogen and oxygen atoms in total. The maximum atomic E-state index is 13.2. The summed E-state index contributed by atoms with van der Waals surface area (Å²) in [7, 11) is -4.80. The van der Waals surface area contributed by atoms with E-state index in [-0.39, 0.29) is 34.9 Å². The van der Waals surface area contributed by atoms with Crippen molar-refractivity contribution in [2.75, 3.05) is 25.4 Å². The molecule has 2 saturated heterocycles. The van der Waals surface area contributed by atoms with Gasteiger partial charge in [-0.25, -0.2) is 13.8 Å². The largest absolute Gasteiger partial charge is 0.524 e. The van der Waals surface area contributed by atoms with Crippen molar-refractivity contribution in [3.05, 3.63) is 29.3 Å². The fraction of sp³-hybridized carbons (Fsp3) is 0.652. The molecule has 0 aliphatic carbocycles. The maximum Gasteiger partial charge on any atom is 0.524 e. The molecule has 3 unspecified atom stereocenters. The van der Waals surface area contributed by atoms with Crippen LogP contribution in [0.4, 0.5) is 9.18 Å². The first kappa shape index (κ1) is 28.7. The number of phosphoric acid groups is 1. The number of alkyl halides is 1. The SMILES string of the molecule is O=C1NC2CSC(CCCCCNCCCCCNC(=O)c3ccc(OP(=O)(O)O)c(CF)c3)C2N1. The summed E-state index contributed by atoms with van der Waals surface area (Å²) >= 11 is 1.96. The van der Waals surface area contributed by atoms with Crippen molar-refractivity contribution in [3.63, 3.8) is 0 Å². The number of thioether (sulfide) groups is 1. The molecule has 0 aromatic heterocycles. The lowest BCUT2D eigenvalue weighted by molar-refractivity contribution is 0.0952. The van der Waals surface area contributed by atoms with Gasteiger partial charge < -0.3 is 25.8 Å². The minimum Gasteiger partial charge on any atom is -0.404 e. The van der Waals surface area contributed by atoms with Gasteiger partial charge in [-0.2, -0.15) is 11.8 Å². The highest BCUT2D eigenvalue weighted by atomic mass is 32.2. The molecular formula is C23H36FN4O6PS. The van der Waals surface area contributed by atoms with Crippen molar-refractivity contribution < 1.29 is 32.9 Å². The Morgan fingerprint density at radius 3 is 2.56 bits per heavy atom. The van der Waals surface area contributed by atoms with Crippen molar-refractivity contribution in [1.29, 1.82) is 0 Å². The molecule has 13 heteroatoms. The van der Waals surface area contributed by atoms with Gasteiger partial charge in [-0.05, 0) is 57.0 Å². The van der Waals surface area contributed by atoms with Gasteiger partial charge in [0.1, 0.15) is 12.4 Å². The number of rotatable bonds is 16. The van der Waals surface area contributed by atoms with Crippen molar-refractivity contribution in [2.24, 2.45) is 0 Å². The summed E-state index contributed by atoms with van der Waals surface area (Å²) in [6, 6.07) is 4.31. The maximum absolute atomic E-state index is 13.2. The molecule has 2 fully saturated rings. The molecule has 1 aromatic rings. The molecule has 0 spiro atoms. The van der Waals surface area contributed by atoms with Crippen molar-refractivity contribution >= 4 is 31.5 Å². The molecule has 3 rings (SSSR count). The molecular weight excluding hydrogens is 510 g/mol. The van der Waals surface area contributed by atoms with Crippen molar-refractivity contribution in [2.45, 2.75) is 69.0 Å². The number of phosphoric ester groups is 1. The third-order valence-electron chi connectivity index (χ3n) is 6.28. The second-order valence-corrected chi connectivity index (χ2v) is 11.5. The zero-order chi connectivity index (χ0) is 26.0. The van der Waals surface area contributed by atoms with E-state index in [1.807, 2.05) is 11.8 Å². The highest BCUT2D eigenvalue weighted by Gasteiger charge is 2.42. The Bertz CT molecular complexity index is 936. The Balaban J connectivity index is 1.17. The van der Waals surface area contributed by atoms with Gasteiger partial charge in [0.15, 0.2) is 0 Å². The Hall–Kier alpha value is -1.85. The molecule has 3 amide bonds. The third kappa shape index (κ3) is 9.23. The average Bonchev–Trinajstić information content (AvgIpc) is 3.38. The molecule has 2 aliphatic heterocycles. The van der Waals surface area contributed by atoms with Crippen LogP contribution in [-0.2, 0) is 11.2 Å². The summed E-state index contributed by atoms with van der Waals surface area (Å²) in [5.74, 6) is 0.352. The molecule has 0 saturated carbocycles. The zero-order valence-corrected chi connectivity index (χ0v) is 21.9. The first-order chi connectivity index (χ1) is 17.3. The highest BCUT2D eigenvalue weighted by molar-refractivity contribution is 8.00. The lowest BCUT2D eigenvalue weighted by atomic mass is 10.0. The number of carbonyl (C=O) groups excluding carboxylic acids is 2. The number of amides is 3. The second-order valence-electron chi connectivity index (χ2n) is 9.08. The van der Waals surface area contributed by atoms with Gasteiger partial charge in [0, 0.05) is 28.7 Å². The van der Waals surface area contributed by atoms with E-state index in [1.54, 1.807) is 0 Å². The number of hydrogen-bond donors (Lipinski definition) is 6. The fourth-order valence-corrected chi connectivity index (χ4v) is 6.42. The third-order valence-corrected chi connectivity index (χ3v) is 8.22.